The summed E-state index contributed by atoms with van der Waals surface area (Å²) in [4.78, 5) is 0.529. The SMILES string of the molecule is COCCn1/c(=N/S(=O)(=O)c2ccc(OC)cc2)sc2cc(Br)ccc21. The van der Waals surface area contributed by atoms with E-state index < -0.39 is 10.0 Å². The second kappa shape index (κ2) is 7.91. The molecule has 0 bridgehead atoms. The van der Waals surface area contributed by atoms with Gasteiger partial charge >= 0.3 is 0 Å². The van der Waals surface area contributed by atoms with Crippen LogP contribution < -0.4 is 9.54 Å². The van der Waals surface area contributed by atoms with Gasteiger partial charge in [0.2, 0.25) is 4.80 Å². The number of hydrogen-bond donors (Lipinski definition) is 0. The lowest BCUT2D eigenvalue weighted by Gasteiger charge is -2.05. The van der Waals surface area contributed by atoms with Crippen LogP contribution in [0.4, 0.5) is 0 Å². The first-order chi connectivity index (χ1) is 12.4. The van der Waals surface area contributed by atoms with E-state index in [0.717, 1.165) is 14.7 Å². The zero-order valence-electron chi connectivity index (χ0n) is 14.2. The molecule has 0 N–H and O–H groups in total. The Morgan fingerprint density at radius 3 is 2.54 bits per heavy atom. The summed E-state index contributed by atoms with van der Waals surface area (Å²) in [7, 11) is -0.700. The molecule has 1 aromatic heterocycles. The van der Waals surface area contributed by atoms with Crippen molar-refractivity contribution in [2.75, 3.05) is 20.8 Å². The van der Waals surface area contributed by atoms with Gasteiger partial charge in [0.1, 0.15) is 5.75 Å². The highest BCUT2D eigenvalue weighted by atomic mass is 79.9. The largest absolute Gasteiger partial charge is 0.497 e. The molecule has 6 nitrogen and oxygen atoms in total. The maximum Gasteiger partial charge on any atom is 0.285 e. The standard InChI is InChI=1S/C17H17BrN2O4S2/c1-23-10-9-20-15-8-3-12(18)11-16(15)25-17(20)19-26(21,22)14-6-4-13(24-2)5-7-14/h3-8,11H,9-10H2,1-2H3/b19-17-. The van der Waals surface area contributed by atoms with Gasteiger partial charge in [-0.3, -0.25) is 0 Å². The highest BCUT2D eigenvalue weighted by molar-refractivity contribution is 9.10. The second-order valence-electron chi connectivity index (χ2n) is 5.38. The fourth-order valence-corrected chi connectivity index (χ4v) is 5.23. The summed E-state index contributed by atoms with van der Waals surface area (Å²) in [6, 6.07) is 12.0. The first-order valence-electron chi connectivity index (χ1n) is 7.67. The molecule has 2 aromatic carbocycles. The first kappa shape index (κ1) is 19.1. The molecule has 0 amide bonds. The van der Waals surface area contributed by atoms with E-state index >= 15 is 0 Å². The molecule has 0 aliphatic carbocycles. The van der Waals surface area contributed by atoms with Crippen LogP contribution in [0.15, 0.2) is 56.2 Å². The highest BCUT2D eigenvalue weighted by Gasteiger charge is 2.15. The monoisotopic (exact) mass is 456 g/mol. The number of fused-ring (bicyclic) bond motifs is 1. The van der Waals surface area contributed by atoms with E-state index in [1.807, 2.05) is 22.8 Å². The molecule has 0 aliphatic rings. The Labute approximate surface area is 163 Å². The number of benzene rings is 2. The Balaban J connectivity index is 2.15. The second-order valence-corrected chi connectivity index (χ2v) is 8.91. The number of ether oxygens (including phenoxy) is 2. The molecular weight excluding hydrogens is 440 g/mol. The summed E-state index contributed by atoms with van der Waals surface area (Å²) >= 11 is 4.77. The number of rotatable bonds is 6. The van der Waals surface area contributed by atoms with Gasteiger partial charge < -0.3 is 14.0 Å². The average Bonchev–Trinajstić information content (AvgIpc) is 2.95. The predicted molar refractivity (Wildman–Crippen MR) is 105 cm³/mol. The zero-order valence-corrected chi connectivity index (χ0v) is 17.4. The quantitative estimate of drug-likeness (QED) is 0.569. The summed E-state index contributed by atoms with van der Waals surface area (Å²) in [5.41, 5.74) is 0.916. The van der Waals surface area contributed by atoms with E-state index in [2.05, 4.69) is 20.3 Å². The maximum absolute atomic E-state index is 12.7. The third-order valence-electron chi connectivity index (χ3n) is 3.72. The molecule has 3 aromatic rings. The number of hydrogen-bond acceptors (Lipinski definition) is 5. The molecule has 3 rings (SSSR count). The van der Waals surface area contributed by atoms with E-state index in [9.17, 15) is 8.42 Å². The van der Waals surface area contributed by atoms with E-state index in [1.165, 1.54) is 30.6 Å². The van der Waals surface area contributed by atoms with Gasteiger partial charge in [0, 0.05) is 18.1 Å². The first-order valence-corrected chi connectivity index (χ1v) is 10.7. The normalized spacial score (nSPS) is 12.7. The zero-order chi connectivity index (χ0) is 18.7. The number of aromatic nitrogens is 1. The topological polar surface area (TPSA) is 69.9 Å². The number of halogens is 1. The smallest absolute Gasteiger partial charge is 0.285 e. The fraction of sp³-hybridized carbons (Fsp3) is 0.235. The summed E-state index contributed by atoms with van der Waals surface area (Å²) in [5.74, 6) is 0.589. The molecule has 0 spiro atoms. The molecule has 0 unspecified atom stereocenters. The van der Waals surface area contributed by atoms with Crippen LogP contribution in [0, 0.1) is 0 Å². The summed E-state index contributed by atoms with van der Waals surface area (Å²) in [5, 5.41) is 0. The molecule has 0 atom stereocenters. The van der Waals surface area contributed by atoms with E-state index in [-0.39, 0.29) is 4.90 Å². The van der Waals surface area contributed by atoms with Crippen LogP contribution in [-0.2, 0) is 21.3 Å². The molecule has 0 saturated heterocycles. The fourth-order valence-electron chi connectivity index (χ4n) is 2.42. The van der Waals surface area contributed by atoms with Crippen molar-refractivity contribution in [3.63, 3.8) is 0 Å². The molecule has 0 fully saturated rings. The van der Waals surface area contributed by atoms with Crippen molar-refractivity contribution in [1.82, 2.24) is 4.57 Å². The summed E-state index contributed by atoms with van der Waals surface area (Å²) < 4.78 is 43.5. The lowest BCUT2D eigenvalue weighted by atomic mass is 10.3. The molecule has 0 aliphatic heterocycles. The van der Waals surface area contributed by atoms with Crippen molar-refractivity contribution in [3.05, 3.63) is 51.7 Å². The van der Waals surface area contributed by atoms with Gasteiger partial charge in [0.15, 0.2) is 0 Å². The van der Waals surface area contributed by atoms with E-state index in [1.54, 1.807) is 19.2 Å². The van der Waals surface area contributed by atoms with Gasteiger partial charge in [0.25, 0.3) is 10.0 Å². The van der Waals surface area contributed by atoms with Crippen LogP contribution in [0.3, 0.4) is 0 Å². The van der Waals surface area contributed by atoms with Crippen molar-refractivity contribution in [1.29, 1.82) is 0 Å². The van der Waals surface area contributed by atoms with Crippen molar-refractivity contribution in [2.24, 2.45) is 4.40 Å². The van der Waals surface area contributed by atoms with Gasteiger partial charge in [-0.25, -0.2) is 0 Å². The van der Waals surface area contributed by atoms with E-state index in [4.69, 9.17) is 9.47 Å². The van der Waals surface area contributed by atoms with E-state index in [0.29, 0.717) is 23.7 Å². The molecule has 26 heavy (non-hydrogen) atoms. The summed E-state index contributed by atoms with van der Waals surface area (Å²) in [6.07, 6.45) is 0. The molecule has 1 heterocycles. The van der Waals surface area contributed by atoms with Gasteiger partial charge in [0.05, 0.1) is 28.8 Å². The third-order valence-corrected chi connectivity index (χ3v) is 6.65. The van der Waals surface area contributed by atoms with Crippen molar-refractivity contribution < 1.29 is 17.9 Å². The van der Waals surface area contributed by atoms with Crippen LogP contribution in [-0.4, -0.2) is 33.8 Å². The lowest BCUT2D eigenvalue weighted by molar-refractivity contribution is 0.187. The van der Waals surface area contributed by atoms with Crippen LogP contribution in [0.5, 0.6) is 5.75 Å². The van der Waals surface area contributed by atoms with Crippen molar-refractivity contribution >= 4 is 47.5 Å². The molecule has 138 valence electrons. The Morgan fingerprint density at radius 1 is 1.15 bits per heavy atom. The Kier molecular flexibility index (Phi) is 5.81. The highest BCUT2D eigenvalue weighted by Crippen LogP contribution is 2.23. The summed E-state index contributed by atoms with van der Waals surface area (Å²) in [6.45, 7) is 0.965. The minimum atomic E-state index is -3.84. The number of sulfonamides is 1. The minimum absolute atomic E-state index is 0.121. The van der Waals surface area contributed by atoms with Crippen molar-refractivity contribution in [3.8, 4) is 5.75 Å². The molecule has 9 heteroatoms. The van der Waals surface area contributed by atoms with Crippen LogP contribution in [0.25, 0.3) is 10.2 Å². The Morgan fingerprint density at radius 2 is 1.88 bits per heavy atom. The van der Waals surface area contributed by atoms with Crippen molar-refractivity contribution in [2.45, 2.75) is 11.4 Å². The number of nitrogens with zero attached hydrogens (tertiary/aromatic N) is 2. The molecule has 0 radical (unpaired) electrons. The predicted octanol–water partition coefficient (Wildman–Crippen LogP) is 3.41. The van der Waals surface area contributed by atoms with Crippen LogP contribution in [0.1, 0.15) is 0 Å². The third kappa shape index (κ3) is 4.01. The van der Waals surface area contributed by atoms with Gasteiger partial charge in [-0.2, -0.15) is 8.42 Å². The lowest BCUT2D eigenvalue weighted by Crippen LogP contribution is -2.19. The van der Waals surface area contributed by atoms with Crippen LogP contribution >= 0.6 is 27.3 Å². The molecular formula is C17H17BrN2O4S2. The minimum Gasteiger partial charge on any atom is -0.497 e. The maximum atomic E-state index is 12.7. The Hall–Kier alpha value is -1.68. The number of thiazole rings is 1. The van der Waals surface area contributed by atoms with Gasteiger partial charge in [-0.15, -0.1) is 4.40 Å². The van der Waals surface area contributed by atoms with Gasteiger partial charge in [-0.05, 0) is 42.5 Å². The number of methoxy groups -OCH3 is 2. The van der Waals surface area contributed by atoms with Crippen LogP contribution in [0.2, 0.25) is 0 Å². The van der Waals surface area contributed by atoms with Gasteiger partial charge in [-0.1, -0.05) is 27.3 Å². The Bertz CT molecular complexity index is 1090. The average molecular weight is 457 g/mol. The molecule has 0 saturated carbocycles.